The molecule has 4 atom stereocenters. The molecule has 11 heteroatoms. The van der Waals surface area contributed by atoms with Gasteiger partial charge in [0.1, 0.15) is 22.9 Å². The van der Waals surface area contributed by atoms with Crippen molar-refractivity contribution in [1.82, 2.24) is 24.5 Å². The van der Waals surface area contributed by atoms with Gasteiger partial charge in [0.15, 0.2) is 5.65 Å². The summed E-state index contributed by atoms with van der Waals surface area (Å²) in [6, 6.07) is 4.84. The first-order valence-corrected chi connectivity index (χ1v) is 11.4. The standard InChI is InChI=1S/C23H29N7O4/c1-23(34-3)9-8-17(23)27-21(32)13-12-25-30-19(24-2)11-18(28-20(13)30)26-14-5-4-10-29(22(14)33)15-6-7-16(15)31/h4-5,10-12,15-17,24,31H,6-9H2,1-3H3,(H,26,28)(H,27,32)/t15-,16-,17?,23+/m0/s1. The molecule has 11 nitrogen and oxygen atoms in total. The van der Waals surface area contributed by atoms with Crippen LogP contribution in [-0.2, 0) is 4.74 Å². The second-order valence-corrected chi connectivity index (χ2v) is 9.12. The highest BCUT2D eigenvalue weighted by Gasteiger charge is 2.44. The van der Waals surface area contributed by atoms with E-state index >= 15 is 0 Å². The number of hydrogen-bond donors (Lipinski definition) is 4. The molecular weight excluding hydrogens is 438 g/mol. The smallest absolute Gasteiger partial charge is 0.274 e. The number of fused-ring (bicyclic) bond motifs is 1. The molecule has 0 saturated heterocycles. The van der Waals surface area contributed by atoms with E-state index in [2.05, 4.69) is 26.0 Å². The van der Waals surface area contributed by atoms with Crippen molar-refractivity contribution in [1.29, 1.82) is 0 Å². The number of ether oxygens (including phenoxy) is 1. The van der Waals surface area contributed by atoms with Crippen molar-refractivity contribution in [2.45, 2.75) is 56.4 Å². The number of amides is 1. The summed E-state index contributed by atoms with van der Waals surface area (Å²) in [6.45, 7) is 1.98. The Bertz CT molecular complexity index is 1300. The summed E-state index contributed by atoms with van der Waals surface area (Å²) < 4.78 is 8.65. The second-order valence-electron chi connectivity index (χ2n) is 9.12. The van der Waals surface area contributed by atoms with Crippen LogP contribution in [0.3, 0.4) is 0 Å². The first kappa shape index (κ1) is 22.4. The number of nitrogens with zero attached hydrogens (tertiary/aromatic N) is 4. The molecule has 0 aliphatic heterocycles. The summed E-state index contributed by atoms with van der Waals surface area (Å²) in [5, 5.41) is 23.5. The topological polar surface area (TPSA) is 135 Å². The summed E-state index contributed by atoms with van der Waals surface area (Å²) in [6.07, 6.45) is 5.83. The van der Waals surface area contributed by atoms with Crippen LogP contribution in [0, 0.1) is 0 Å². The molecule has 2 fully saturated rings. The fourth-order valence-electron chi connectivity index (χ4n) is 4.56. The maximum Gasteiger partial charge on any atom is 0.274 e. The fraction of sp³-hybridized carbons (Fsp3) is 0.478. The number of pyridine rings is 1. The van der Waals surface area contributed by atoms with Gasteiger partial charge in [0.05, 0.1) is 30.0 Å². The molecular formula is C23H29N7O4. The zero-order valence-corrected chi connectivity index (χ0v) is 19.4. The van der Waals surface area contributed by atoms with Crippen molar-refractivity contribution in [2.24, 2.45) is 0 Å². The van der Waals surface area contributed by atoms with Crippen molar-refractivity contribution >= 4 is 28.9 Å². The SMILES string of the molecule is CNc1cc(Nc2cccn([C@H]3CC[C@@H]3O)c2=O)nc2c(C(=O)NC3CC[C@@]3(C)OC)cnn12. The van der Waals surface area contributed by atoms with Crippen LogP contribution in [0.2, 0.25) is 0 Å². The largest absolute Gasteiger partial charge is 0.391 e. The van der Waals surface area contributed by atoms with Gasteiger partial charge in [-0.25, -0.2) is 4.98 Å². The Hall–Kier alpha value is -3.44. The van der Waals surface area contributed by atoms with E-state index in [9.17, 15) is 14.7 Å². The highest BCUT2D eigenvalue weighted by Crippen LogP contribution is 2.35. The van der Waals surface area contributed by atoms with Crippen molar-refractivity contribution in [3.8, 4) is 0 Å². The second kappa shape index (κ2) is 8.41. The third-order valence-electron chi connectivity index (χ3n) is 7.21. The van der Waals surface area contributed by atoms with Crippen molar-refractivity contribution in [3.05, 3.63) is 46.5 Å². The molecule has 0 radical (unpaired) electrons. The number of aromatic nitrogens is 4. The van der Waals surface area contributed by atoms with Crippen molar-refractivity contribution in [2.75, 3.05) is 24.8 Å². The lowest BCUT2D eigenvalue weighted by atomic mass is 9.76. The van der Waals surface area contributed by atoms with Crippen LogP contribution in [0.4, 0.5) is 17.3 Å². The number of nitrogens with one attached hydrogen (secondary N) is 3. The third-order valence-corrected chi connectivity index (χ3v) is 7.21. The van der Waals surface area contributed by atoms with Gasteiger partial charge in [0.25, 0.3) is 11.5 Å². The lowest BCUT2D eigenvalue weighted by Gasteiger charge is -2.45. The molecule has 2 aliphatic carbocycles. The van der Waals surface area contributed by atoms with Crippen LogP contribution in [-0.4, -0.2) is 62.1 Å². The molecule has 0 aromatic carbocycles. The van der Waals surface area contributed by atoms with Gasteiger partial charge in [0, 0.05) is 26.4 Å². The molecule has 1 amide bonds. The number of carbonyl (C=O) groups is 1. The summed E-state index contributed by atoms with van der Waals surface area (Å²) >= 11 is 0. The molecule has 0 bridgehead atoms. The Morgan fingerprint density at radius 1 is 1.32 bits per heavy atom. The van der Waals surface area contributed by atoms with Gasteiger partial charge in [-0.2, -0.15) is 9.61 Å². The highest BCUT2D eigenvalue weighted by atomic mass is 16.5. The van der Waals surface area contributed by atoms with E-state index in [0.29, 0.717) is 35.0 Å². The van der Waals surface area contributed by atoms with Crippen molar-refractivity contribution < 1.29 is 14.6 Å². The average Bonchev–Trinajstić information content (AvgIpc) is 3.26. The molecule has 5 rings (SSSR count). The van der Waals surface area contributed by atoms with Gasteiger partial charge in [0.2, 0.25) is 0 Å². The number of anilines is 3. The summed E-state index contributed by atoms with van der Waals surface area (Å²) in [7, 11) is 3.39. The van der Waals surface area contributed by atoms with E-state index < -0.39 is 6.10 Å². The lowest BCUT2D eigenvalue weighted by molar-refractivity contribution is -0.0828. The molecule has 180 valence electrons. The lowest BCUT2D eigenvalue weighted by Crippen LogP contribution is -2.59. The van der Waals surface area contributed by atoms with Gasteiger partial charge in [-0.05, 0) is 44.7 Å². The average molecular weight is 468 g/mol. The fourth-order valence-corrected chi connectivity index (χ4v) is 4.56. The number of aliphatic hydroxyl groups is 1. The highest BCUT2D eigenvalue weighted by molar-refractivity contribution is 6.00. The molecule has 1 unspecified atom stereocenters. The van der Waals surface area contributed by atoms with Gasteiger partial charge < -0.3 is 30.4 Å². The molecule has 3 aromatic heterocycles. The number of aliphatic hydroxyl groups excluding tert-OH is 1. The van der Waals surface area contributed by atoms with E-state index in [1.165, 1.54) is 6.20 Å². The molecule has 2 saturated carbocycles. The molecule has 0 spiro atoms. The van der Waals surface area contributed by atoms with Crippen LogP contribution >= 0.6 is 0 Å². The Kier molecular flexibility index (Phi) is 5.53. The maximum absolute atomic E-state index is 13.1. The number of hydrogen-bond acceptors (Lipinski definition) is 8. The quantitative estimate of drug-likeness (QED) is 0.412. The minimum absolute atomic E-state index is 0.0883. The van der Waals surface area contributed by atoms with Crippen LogP contribution < -0.4 is 21.5 Å². The number of carbonyl (C=O) groups excluding carboxylic acids is 1. The minimum Gasteiger partial charge on any atom is -0.391 e. The first-order chi connectivity index (χ1) is 16.3. The van der Waals surface area contributed by atoms with Crippen molar-refractivity contribution in [3.63, 3.8) is 0 Å². The Balaban J connectivity index is 1.46. The monoisotopic (exact) mass is 467 g/mol. The minimum atomic E-state index is -0.512. The Morgan fingerprint density at radius 2 is 2.15 bits per heavy atom. The van der Waals surface area contributed by atoms with Crippen LogP contribution in [0.25, 0.3) is 5.65 Å². The molecule has 4 N–H and O–H groups in total. The normalized spacial score (nSPS) is 25.9. The predicted octanol–water partition coefficient (Wildman–Crippen LogP) is 1.67. The molecule has 34 heavy (non-hydrogen) atoms. The first-order valence-electron chi connectivity index (χ1n) is 11.4. The van der Waals surface area contributed by atoms with E-state index in [4.69, 9.17) is 4.74 Å². The molecule has 2 aliphatic rings. The van der Waals surface area contributed by atoms with Crippen LogP contribution in [0.5, 0.6) is 0 Å². The Morgan fingerprint density at radius 3 is 2.76 bits per heavy atom. The summed E-state index contributed by atoms with van der Waals surface area (Å²) in [5.74, 6) is 0.707. The van der Waals surface area contributed by atoms with Crippen LogP contribution in [0.1, 0.15) is 49.0 Å². The summed E-state index contributed by atoms with van der Waals surface area (Å²) in [4.78, 5) is 30.7. The van der Waals surface area contributed by atoms with E-state index in [0.717, 1.165) is 19.3 Å². The van der Waals surface area contributed by atoms with Gasteiger partial charge >= 0.3 is 0 Å². The van der Waals surface area contributed by atoms with Crippen LogP contribution in [0.15, 0.2) is 35.4 Å². The maximum atomic E-state index is 13.1. The van der Waals surface area contributed by atoms with Gasteiger partial charge in [-0.1, -0.05) is 0 Å². The van der Waals surface area contributed by atoms with E-state index in [-0.39, 0.29) is 29.2 Å². The summed E-state index contributed by atoms with van der Waals surface area (Å²) in [5.41, 5.74) is 0.394. The molecule has 3 aromatic rings. The zero-order valence-electron chi connectivity index (χ0n) is 19.4. The number of rotatable bonds is 7. The van der Waals surface area contributed by atoms with Gasteiger partial charge in [-0.3, -0.25) is 9.59 Å². The third kappa shape index (κ3) is 3.61. The van der Waals surface area contributed by atoms with E-state index in [1.54, 1.807) is 47.6 Å². The predicted molar refractivity (Wildman–Crippen MR) is 127 cm³/mol. The van der Waals surface area contributed by atoms with E-state index in [1.807, 2.05) is 6.92 Å². The molecule has 3 heterocycles. The van der Waals surface area contributed by atoms with Gasteiger partial charge in [-0.15, -0.1) is 0 Å². The Labute approximate surface area is 196 Å². The zero-order chi connectivity index (χ0) is 24.0. The number of methoxy groups -OCH3 is 1.